The Morgan fingerprint density at radius 1 is 1.27 bits per heavy atom. The van der Waals surface area contributed by atoms with E-state index in [2.05, 4.69) is 15.3 Å². The van der Waals surface area contributed by atoms with E-state index in [9.17, 15) is 13.2 Å². The number of nitrogen functional groups attached to an aromatic ring is 1. The highest BCUT2D eigenvalue weighted by atomic mass is 19.3. The predicted molar refractivity (Wildman–Crippen MR) is 110 cm³/mol. The first-order valence-corrected chi connectivity index (χ1v) is 9.63. The summed E-state index contributed by atoms with van der Waals surface area (Å²) in [4.78, 5) is 10.2. The zero-order chi connectivity index (χ0) is 21.3. The van der Waals surface area contributed by atoms with Gasteiger partial charge in [-0.3, -0.25) is 4.90 Å². The lowest BCUT2D eigenvalue weighted by Crippen LogP contribution is -2.29. The van der Waals surface area contributed by atoms with Crippen molar-refractivity contribution in [2.75, 3.05) is 30.7 Å². The van der Waals surface area contributed by atoms with Crippen LogP contribution >= 0.6 is 0 Å². The number of ether oxygens (including phenoxy) is 1. The Labute approximate surface area is 171 Å². The summed E-state index contributed by atoms with van der Waals surface area (Å²) in [5, 5.41) is 4.00. The number of anilines is 3. The summed E-state index contributed by atoms with van der Waals surface area (Å²) in [6.07, 6.45) is -0.669. The van der Waals surface area contributed by atoms with Gasteiger partial charge in [-0.1, -0.05) is 0 Å². The highest BCUT2D eigenvalue weighted by molar-refractivity contribution is 5.95. The third-order valence-corrected chi connectivity index (χ3v) is 5.07. The topological polar surface area (TPSA) is 76.3 Å². The van der Waals surface area contributed by atoms with Gasteiger partial charge >= 0.3 is 0 Å². The van der Waals surface area contributed by atoms with Gasteiger partial charge < -0.3 is 15.8 Å². The number of aromatic nitrogens is 2. The molecule has 1 saturated heterocycles. The number of likely N-dealkylation sites (tertiary alicyclic amines) is 1. The Kier molecular flexibility index (Phi) is 5.63. The van der Waals surface area contributed by atoms with Gasteiger partial charge in [0.25, 0.3) is 6.43 Å². The van der Waals surface area contributed by atoms with Crippen molar-refractivity contribution < 1.29 is 17.9 Å². The minimum absolute atomic E-state index is 0.288. The molecule has 158 valence electrons. The van der Waals surface area contributed by atoms with Gasteiger partial charge in [0.15, 0.2) is 0 Å². The van der Waals surface area contributed by atoms with Crippen LogP contribution < -0.4 is 15.8 Å². The van der Waals surface area contributed by atoms with Crippen LogP contribution in [0.15, 0.2) is 36.7 Å². The molecule has 3 N–H and O–H groups in total. The minimum Gasteiger partial charge on any atom is -0.487 e. The number of hydrogen-bond acceptors (Lipinski definition) is 6. The Bertz CT molecular complexity index is 1060. The van der Waals surface area contributed by atoms with E-state index < -0.39 is 12.2 Å². The van der Waals surface area contributed by atoms with Crippen LogP contribution in [0, 0.1) is 12.7 Å². The third-order valence-electron chi connectivity index (χ3n) is 5.07. The van der Waals surface area contributed by atoms with Crippen molar-refractivity contribution in [2.24, 2.45) is 0 Å². The van der Waals surface area contributed by atoms with E-state index >= 15 is 0 Å². The Hall–Kier alpha value is -3.07. The van der Waals surface area contributed by atoms with Crippen molar-refractivity contribution in [1.82, 2.24) is 14.9 Å². The third kappa shape index (κ3) is 4.40. The second kappa shape index (κ2) is 8.35. The zero-order valence-corrected chi connectivity index (χ0v) is 16.4. The average molecular weight is 417 g/mol. The fourth-order valence-corrected chi connectivity index (χ4v) is 3.77. The summed E-state index contributed by atoms with van der Waals surface area (Å²) in [6.45, 7) is 2.51. The van der Waals surface area contributed by atoms with Crippen LogP contribution in [0.25, 0.3) is 10.9 Å². The highest BCUT2D eigenvalue weighted by Gasteiger charge is 2.26. The number of rotatable bonds is 6. The summed E-state index contributed by atoms with van der Waals surface area (Å²) in [5.41, 5.74) is 8.62. The smallest absolute Gasteiger partial charge is 0.251 e. The van der Waals surface area contributed by atoms with E-state index in [1.807, 2.05) is 13.0 Å². The molecule has 0 spiro atoms. The number of halogens is 3. The minimum atomic E-state index is -2.39. The fourth-order valence-electron chi connectivity index (χ4n) is 3.77. The summed E-state index contributed by atoms with van der Waals surface area (Å²) < 4.78 is 45.1. The fraction of sp³-hybridized carbons (Fsp3) is 0.333. The maximum Gasteiger partial charge on any atom is 0.251 e. The van der Waals surface area contributed by atoms with Gasteiger partial charge in [0.05, 0.1) is 17.7 Å². The monoisotopic (exact) mass is 417 g/mol. The van der Waals surface area contributed by atoms with Crippen molar-refractivity contribution in [1.29, 1.82) is 0 Å². The molecule has 2 heterocycles. The first-order valence-electron chi connectivity index (χ1n) is 9.63. The lowest BCUT2D eigenvalue weighted by Gasteiger charge is -2.19. The lowest BCUT2D eigenvalue weighted by molar-refractivity contribution is 0.0932. The van der Waals surface area contributed by atoms with Crippen LogP contribution in [-0.2, 0) is 0 Å². The molecule has 1 atom stereocenters. The van der Waals surface area contributed by atoms with E-state index in [-0.39, 0.29) is 12.6 Å². The normalized spacial score (nSPS) is 17.0. The molecule has 1 fully saturated rings. The second-order valence-corrected chi connectivity index (χ2v) is 7.40. The molecule has 6 nitrogen and oxygen atoms in total. The van der Waals surface area contributed by atoms with E-state index in [1.165, 1.54) is 18.5 Å². The largest absolute Gasteiger partial charge is 0.487 e. The van der Waals surface area contributed by atoms with Crippen molar-refractivity contribution in [3.05, 3.63) is 48.0 Å². The Morgan fingerprint density at radius 3 is 2.90 bits per heavy atom. The van der Waals surface area contributed by atoms with Crippen LogP contribution in [0.4, 0.5) is 30.4 Å². The first-order chi connectivity index (χ1) is 14.4. The molecule has 0 saturated carbocycles. The van der Waals surface area contributed by atoms with Gasteiger partial charge in [0.2, 0.25) is 0 Å². The molecular formula is C21H22F3N5O. The zero-order valence-electron chi connectivity index (χ0n) is 16.4. The van der Waals surface area contributed by atoms with Crippen LogP contribution in [0.1, 0.15) is 12.0 Å². The first kappa shape index (κ1) is 20.2. The van der Waals surface area contributed by atoms with Gasteiger partial charge in [-0.2, -0.15) is 0 Å². The van der Waals surface area contributed by atoms with Crippen molar-refractivity contribution in [3.8, 4) is 5.75 Å². The molecule has 1 aliphatic rings. The number of fused-ring (bicyclic) bond motifs is 1. The number of benzene rings is 2. The van der Waals surface area contributed by atoms with Crippen LogP contribution in [0.3, 0.4) is 0 Å². The summed E-state index contributed by atoms with van der Waals surface area (Å²) in [5.74, 6) is 0.396. The SMILES string of the molecule is Cc1cc(N)cc2ncnc(Nc3ccc(F)cc3OC3CCN(CC(F)F)C3)c12. The molecule has 4 rings (SSSR count). The molecule has 9 heteroatoms. The molecule has 0 radical (unpaired) electrons. The maximum atomic E-state index is 13.9. The summed E-state index contributed by atoms with van der Waals surface area (Å²) in [6, 6.07) is 7.76. The van der Waals surface area contributed by atoms with E-state index in [0.29, 0.717) is 48.0 Å². The quantitative estimate of drug-likeness (QED) is 0.588. The number of nitrogens with zero attached hydrogens (tertiary/aromatic N) is 3. The van der Waals surface area contributed by atoms with Crippen LogP contribution in [-0.4, -0.2) is 47.0 Å². The molecule has 0 bridgehead atoms. The number of alkyl halides is 2. The maximum absolute atomic E-state index is 13.9. The Morgan fingerprint density at radius 2 is 2.10 bits per heavy atom. The molecule has 1 aromatic heterocycles. The van der Waals surface area contributed by atoms with E-state index in [4.69, 9.17) is 10.5 Å². The molecule has 0 amide bonds. The predicted octanol–water partition coefficient (Wildman–Crippen LogP) is 4.12. The summed E-state index contributed by atoms with van der Waals surface area (Å²) >= 11 is 0. The molecule has 3 aromatic rings. The molecule has 0 aliphatic carbocycles. The van der Waals surface area contributed by atoms with E-state index in [0.717, 1.165) is 10.9 Å². The van der Waals surface area contributed by atoms with E-state index in [1.54, 1.807) is 17.0 Å². The molecule has 1 aliphatic heterocycles. The van der Waals surface area contributed by atoms with Gasteiger partial charge in [-0.05, 0) is 43.2 Å². The van der Waals surface area contributed by atoms with Crippen molar-refractivity contribution in [3.63, 3.8) is 0 Å². The van der Waals surface area contributed by atoms with Gasteiger partial charge in [0.1, 0.15) is 29.8 Å². The van der Waals surface area contributed by atoms with Crippen LogP contribution in [0.5, 0.6) is 5.75 Å². The summed E-state index contributed by atoms with van der Waals surface area (Å²) in [7, 11) is 0. The number of hydrogen-bond donors (Lipinski definition) is 2. The molecular weight excluding hydrogens is 395 g/mol. The van der Waals surface area contributed by atoms with Gasteiger partial charge in [-0.15, -0.1) is 0 Å². The highest BCUT2D eigenvalue weighted by Crippen LogP contribution is 2.33. The molecule has 2 aromatic carbocycles. The second-order valence-electron chi connectivity index (χ2n) is 7.40. The van der Waals surface area contributed by atoms with Crippen molar-refractivity contribution >= 4 is 28.1 Å². The van der Waals surface area contributed by atoms with Crippen molar-refractivity contribution in [2.45, 2.75) is 25.9 Å². The average Bonchev–Trinajstić information content (AvgIpc) is 3.09. The molecule has 30 heavy (non-hydrogen) atoms. The van der Waals surface area contributed by atoms with Gasteiger partial charge in [0, 0.05) is 30.2 Å². The molecule has 1 unspecified atom stereocenters. The van der Waals surface area contributed by atoms with Crippen LogP contribution in [0.2, 0.25) is 0 Å². The Balaban J connectivity index is 1.60. The standard InChI is InChI=1S/C21H22F3N5O/c1-12-6-14(25)8-17-20(12)21(27-11-26-17)28-16-3-2-13(22)7-18(16)30-15-4-5-29(9-15)10-19(23)24/h2-3,6-8,11,15,19H,4-5,9-10,25H2,1H3,(H,26,27,28). The number of nitrogens with one attached hydrogen (secondary N) is 1. The number of aryl methyl sites for hydroxylation is 1. The number of nitrogens with two attached hydrogens (primary N) is 1. The lowest BCUT2D eigenvalue weighted by atomic mass is 10.1. The van der Waals surface area contributed by atoms with Gasteiger partial charge in [-0.25, -0.2) is 23.1 Å².